The van der Waals surface area contributed by atoms with E-state index < -0.39 is 15.8 Å². The minimum absolute atomic E-state index is 0.0868. The molecule has 0 aliphatic rings. The van der Waals surface area contributed by atoms with Gasteiger partial charge in [0.05, 0.1) is 0 Å². The Morgan fingerprint density at radius 3 is 0.833 bits per heavy atom. The molecule has 1 nitrogen and oxygen atoms in total. The van der Waals surface area contributed by atoms with Crippen molar-refractivity contribution in [1.29, 1.82) is 0 Å². The van der Waals surface area contributed by atoms with Crippen molar-refractivity contribution >= 4 is 53.5 Å². The zero-order valence-corrected chi connectivity index (χ0v) is 31.1. The molecule has 0 saturated heterocycles. The highest BCUT2D eigenvalue weighted by Crippen LogP contribution is 2.39. The van der Waals surface area contributed by atoms with Crippen LogP contribution in [-0.2, 0) is 0 Å². The molecule has 0 unspecified atom stereocenters. The highest BCUT2D eigenvalue weighted by Gasteiger charge is 2.28. The quantitative estimate of drug-likeness (QED) is 0.118. The second-order valence-corrected chi connectivity index (χ2v) is 17.8. The average molecular weight is 663 g/mol. The van der Waals surface area contributed by atoms with Crippen LogP contribution in [0, 0.1) is 55.4 Å². The molecule has 0 heterocycles. The van der Waals surface area contributed by atoms with Crippen molar-refractivity contribution < 1.29 is 4.79 Å². The van der Waals surface area contributed by atoms with Crippen LogP contribution in [0.4, 0.5) is 0 Å². The van der Waals surface area contributed by atoms with E-state index in [4.69, 9.17) is 0 Å². The lowest BCUT2D eigenvalue weighted by Crippen LogP contribution is -2.29. The van der Waals surface area contributed by atoms with Crippen LogP contribution in [0.15, 0.2) is 121 Å². The first-order valence-corrected chi connectivity index (χ1v) is 19.3. The van der Waals surface area contributed by atoms with E-state index in [-0.39, 0.29) is 5.78 Å². The maximum Gasteiger partial charge on any atom is 0.194 e. The fourth-order valence-corrected chi connectivity index (χ4v) is 12.7. The third kappa shape index (κ3) is 7.29. The normalized spacial score (nSPS) is 11.4. The summed E-state index contributed by atoms with van der Waals surface area (Å²) in [6.07, 6.45) is 0. The van der Waals surface area contributed by atoms with Crippen molar-refractivity contribution in [3.63, 3.8) is 0 Å². The molecule has 0 fully saturated rings. The molecule has 6 rings (SSSR count). The molecule has 0 amide bonds. The lowest BCUT2D eigenvalue weighted by Gasteiger charge is -2.26. The fourth-order valence-electron chi connectivity index (χ4n) is 7.04. The molecule has 0 aliphatic heterocycles. The smallest absolute Gasteiger partial charge is 0.194 e. The van der Waals surface area contributed by atoms with Crippen LogP contribution in [-0.4, -0.2) is 5.78 Å². The van der Waals surface area contributed by atoms with Gasteiger partial charge < -0.3 is 0 Å². The molecule has 240 valence electrons. The Morgan fingerprint density at radius 1 is 0.354 bits per heavy atom. The summed E-state index contributed by atoms with van der Waals surface area (Å²) in [6, 6.07) is 44.1. The molecule has 6 aromatic rings. The molecule has 0 aliphatic carbocycles. The van der Waals surface area contributed by atoms with Crippen LogP contribution >= 0.6 is 15.8 Å². The SMILES string of the molecule is Cc1cc(C)cc(P(c2cc(C)cc(C)c2)c2ccccc2C(=O)c2ccccc2P(c2cc(C)cc(C)c2)c2cc(C)cc(C)c2)c1. The number of aryl methyl sites for hydroxylation is 8. The number of hydrogen-bond donors (Lipinski definition) is 0. The van der Waals surface area contributed by atoms with Gasteiger partial charge in [0.15, 0.2) is 5.78 Å². The van der Waals surface area contributed by atoms with Crippen LogP contribution < -0.4 is 31.8 Å². The van der Waals surface area contributed by atoms with E-state index >= 15 is 4.79 Å². The van der Waals surface area contributed by atoms with Gasteiger partial charge in [0.2, 0.25) is 0 Å². The molecule has 0 saturated carbocycles. The first-order chi connectivity index (χ1) is 23.0. The summed E-state index contributed by atoms with van der Waals surface area (Å²) >= 11 is 0. The lowest BCUT2D eigenvalue weighted by atomic mass is 10.0. The summed E-state index contributed by atoms with van der Waals surface area (Å²) in [6.45, 7) is 17.3. The Kier molecular flexibility index (Phi) is 9.94. The third-order valence-electron chi connectivity index (χ3n) is 8.64. The second kappa shape index (κ2) is 14.1. The Bertz CT molecular complexity index is 1820. The number of rotatable bonds is 8. The number of ketones is 1. The predicted molar refractivity (Wildman–Crippen MR) is 212 cm³/mol. The highest BCUT2D eigenvalue weighted by atomic mass is 31.1. The minimum atomic E-state index is -1.000. The van der Waals surface area contributed by atoms with Crippen molar-refractivity contribution in [2.75, 3.05) is 0 Å². The van der Waals surface area contributed by atoms with Gasteiger partial charge in [-0.15, -0.1) is 0 Å². The summed E-state index contributed by atoms with van der Waals surface area (Å²) in [4.78, 5) is 15.2. The minimum Gasteiger partial charge on any atom is -0.289 e. The van der Waals surface area contributed by atoms with Crippen molar-refractivity contribution in [2.24, 2.45) is 0 Å². The van der Waals surface area contributed by atoms with E-state index in [0.717, 1.165) is 21.7 Å². The van der Waals surface area contributed by atoms with Crippen molar-refractivity contribution in [1.82, 2.24) is 0 Å². The van der Waals surface area contributed by atoms with Crippen LogP contribution in [0.3, 0.4) is 0 Å². The molecule has 6 aromatic carbocycles. The topological polar surface area (TPSA) is 17.1 Å². The van der Waals surface area contributed by atoms with Crippen LogP contribution in [0.1, 0.15) is 60.4 Å². The van der Waals surface area contributed by atoms with Gasteiger partial charge in [-0.2, -0.15) is 0 Å². The van der Waals surface area contributed by atoms with Gasteiger partial charge in [0.1, 0.15) is 0 Å². The largest absolute Gasteiger partial charge is 0.289 e. The van der Waals surface area contributed by atoms with Gasteiger partial charge in [-0.1, -0.05) is 166 Å². The van der Waals surface area contributed by atoms with Crippen molar-refractivity contribution in [2.45, 2.75) is 55.4 Å². The maximum atomic E-state index is 15.2. The first kappa shape index (κ1) is 33.7. The number of benzene rings is 6. The van der Waals surface area contributed by atoms with E-state index in [1.807, 2.05) is 24.3 Å². The average Bonchev–Trinajstić information content (AvgIpc) is 3.00. The first-order valence-electron chi connectivity index (χ1n) is 16.6. The van der Waals surface area contributed by atoms with E-state index in [1.165, 1.54) is 65.7 Å². The Morgan fingerprint density at radius 2 is 0.583 bits per heavy atom. The summed E-state index contributed by atoms with van der Waals surface area (Å²) in [7, 11) is -2.00. The number of hydrogen-bond acceptors (Lipinski definition) is 1. The molecule has 0 aromatic heterocycles. The monoisotopic (exact) mass is 662 g/mol. The van der Waals surface area contributed by atoms with Gasteiger partial charge in [-0.25, -0.2) is 0 Å². The molecule has 0 atom stereocenters. The number of carbonyl (C=O) groups excluding carboxylic acids is 1. The molecule has 3 heteroatoms. The number of carbonyl (C=O) groups is 1. The molecule has 48 heavy (non-hydrogen) atoms. The molecule has 0 spiro atoms. The lowest BCUT2D eigenvalue weighted by molar-refractivity contribution is 0.104. The summed E-state index contributed by atoms with van der Waals surface area (Å²) in [5.41, 5.74) is 11.5. The molecule has 0 radical (unpaired) electrons. The second-order valence-electron chi connectivity index (χ2n) is 13.4. The molecule has 0 bridgehead atoms. The van der Waals surface area contributed by atoms with Gasteiger partial charge >= 0.3 is 0 Å². The zero-order chi connectivity index (χ0) is 34.1. The van der Waals surface area contributed by atoms with Crippen molar-refractivity contribution in [3.05, 3.63) is 177 Å². The van der Waals surface area contributed by atoms with Crippen LogP contribution in [0.2, 0.25) is 0 Å². The molecular formula is C45H44OP2. The summed E-state index contributed by atoms with van der Waals surface area (Å²) in [5.74, 6) is 0.0868. The van der Waals surface area contributed by atoms with E-state index in [1.54, 1.807) is 0 Å². The van der Waals surface area contributed by atoms with Gasteiger partial charge in [0, 0.05) is 11.1 Å². The summed E-state index contributed by atoms with van der Waals surface area (Å²) < 4.78 is 0. The molecule has 0 N–H and O–H groups in total. The predicted octanol–water partition coefficient (Wildman–Crippen LogP) is 8.90. The standard InChI is InChI=1S/C45H44OP2/c1-29-17-30(2)22-37(21-29)47(38-23-31(3)18-32(4)24-38)43-15-11-9-13-41(43)45(46)42-14-10-12-16-44(42)48(39-25-33(5)19-34(6)26-39)40-27-35(7)20-36(8)28-40/h9-28H,1-8H3. The van der Waals surface area contributed by atoms with E-state index in [9.17, 15) is 0 Å². The maximum absolute atomic E-state index is 15.2. The zero-order valence-electron chi connectivity index (χ0n) is 29.3. The fraction of sp³-hybridized carbons (Fsp3) is 0.178. The van der Waals surface area contributed by atoms with Crippen LogP contribution in [0.25, 0.3) is 0 Å². The Labute approximate surface area is 289 Å². The van der Waals surface area contributed by atoms with E-state index in [2.05, 4.69) is 152 Å². The third-order valence-corrected chi connectivity index (χ3v) is 13.5. The Balaban J connectivity index is 1.58. The van der Waals surface area contributed by atoms with Gasteiger partial charge in [0.25, 0.3) is 0 Å². The van der Waals surface area contributed by atoms with Gasteiger partial charge in [-0.05, 0) is 103 Å². The molecular weight excluding hydrogens is 618 g/mol. The van der Waals surface area contributed by atoms with Crippen LogP contribution in [0.5, 0.6) is 0 Å². The van der Waals surface area contributed by atoms with Gasteiger partial charge in [-0.3, -0.25) is 4.79 Å². The highest BCUT2D eigenvalue weighted by molar-refractivity contribution is 7.80. The Hall–Kier alpha value is -4.15. The van der Waals surface area contributed by atoms with E-state index in [0.29, 0.717) is 0 Å². The summed E-state index contributed by atoms with van der Waals surface area (Å²) in [5, 5.41) is 7.29. The van der Waals surface area contributed by atoms with Crippen molar-refractivity contribution in [3.8, 4) is 0 Å².